The summed E-state index contributed by atoms with van der Waals surface area (Å²) in [7, 11) is 4.34. The van der Waals surface area contributed by atoms with Gasteiger partial charge in [0, 0.05) is 5.56 Å². The van der Waals surface area contributed by atoms with Crippen molar-refractivity contribution in [2.75, 3.05) is 27.9 Å². The van der Waals surface area contributed by atoms with Gasteiger partial charge in [-0.3, -0.25) is 9.59 Å². The number of carbonyl (C=O) groups excluding carboxylic acids is 2. The summed E-state index contributed by atoms with van der Waals surface area (Å²) < 4.78 is 15.6. The first-order valence-electron chi connectivity index (χ1n) is 8.17. The number of aromatic hydroxyl groups is 1. The molecule has 0 saturated heterocycles. The first-order chi connectivity index (χ1) is 13.5. The summed E-state index contributed by atoms with van der Waals surface area (Å²) in [5.41, 5.74) is 3.14. The van der Waals surface area contributed by atoms with Crippen molar-refractivity contribution in [1.82, 2.24) is 10.7 Å². The van der Waals surface area contributed by atoms with E-state index in [-0.39, 0.29) is 17.9 Å². The van der Waals surface area contributed by atoms with E-state index in [9.17, 15) is 14.7 Å². The van der Waals surface area contributed by atoms with Gasteiger partial charge in [0.15, 0.2) is 11.5 Å². The van der Waals surface area contributed by atoms with Gasteiger partial charge in [-0.15, -0.1) is 0 Å². The average Bonchev–Trinajstić information content (AvgIpc) is 2.70. The summed E-state index contributed by atoms with van der Waals surface area (Å²) in [6.45, 7) is -0.285. The SMILES string of the molecule is COc1cc(C(=O)NCC(=O)NN=Cc2cccc(O)c2)cc(OC)c1OC. The number of rotatable bonds is 8. The van der Waals surface area contributed by atoms with E-state index in [4.69, 9.17) is 14.2 Å². The second-order valence-electron chi connectivity index (χ2n) is 5.48. The van der Waals surface area contributed by atoms with Gasteiger partial charge in [-0.2, -0.15) is 5.10 Å². The van der Waals surface area contributed by atoms with Gasteiger partial charge < -0.3 is 24.6 Å². The van der Waals surface area contributed by atoms with Crippen molar-refractivity contribution >= 4 is 18.0 Å². The number of amides is 2. The summed E-state index contributed by atoms with van der Waals surface area (Å²) in [6, 6.07) is 9.33. The fraction of sp³-hybridized carbons (Fsp3) is 0.211. The number of methoxy groups -OCH3 is 3. The van der Waals surface area contributed by atoms with Crippen LogP contribution in [0.25, 0.3) is 0 Å². The van der Waals surface area contributed by atoms with Crippen LogP contribution in [0.1, 0.15) is 15.9 Å². The third kappa shape index (κ3) is 5.37. The maximum atomic E-state index is 12.3. The number of hydrazone groups is 1. The van der Waals surface area contributed by atoms with Crippen LogP contribution in [0.2, 0.25) is 0 Å². The van der Waals surface area contributed by atoms with Crippen LogP contribution in [0, 0.1) is 0 Å². The normalized spacial score (nSPS) is 10.4. The lowest BCUT2D eigenvalue weighted by Crippen LogP contribution is -2.34. The Labute approximate surface area is 161 Å². The molecule has 148 valence electrons. The minimum atomic E-state index is -0.516. The first-order valence-corrected chi connectivity index (χ1v) is 8.17. The molecule has 0 heterocycles. The molecular formula is C19H21N3O6. The second-order valence-corrected chi connectivity index (χ2v) is 5.48. The van der Waals surface area contributed by atoms with Crippen LogP contribution in [0.5, 0.6) is 23.0 Å². The maximum Gasteiger partial charge on any atom is 0.259 e. The Kier molecular flexibility index (Phi) is 7.21. The third-order valence-corrected chi connectivity index (χ3v) is 3.61. The number of phenolic OH excluding ortho intramolecular Hbond substituents is 1. The largest absolute Gasteiger partial charge is 0.508 e. The van der Waals surface area contributed by atoms with Crippen molar-refractivity contribution in [3.63, 3.8) is 0 Å². The van der Waals surface area contributed by atoms with Crippen molar-refractivity contribution in [1.29, 1.82) is 0 Å². The smallest absolute Gasteiger partial charge is 0.259 e. The fourth-order valence-corrected chi connectivity index (χ4v) is 2.30. The highest BCUT2D eigenvalue weighted by Crippen LogP contribution is 2.38. The molecule has 0 radical (unpaired) electrons. The van der Waals surface area contributed by atoms with Gasteiger partial charge in [-0.1, -0.05) is 12.1 Å². The molecule has 2 rings (SSSR count). The van der Waals surface area contributed by atoms with Crippen molar-refractivity contribution in [3.05, 3.63) is 47.5 Å². The molecule has 0 aliphatic heterocycles. The topological polar surface area (TPSA) is 118 Å². The molecule has 0 atom stereocenters. The van der Waals surface area contributed by atoms with E-state index < -0.39 is 11.8 Å². The summed E-state index contributed by atoms with van der Waals surface area (Å²) in [5.74, 6) is 0.0938. The molecule has 0 aliphatic rings. The van der Waals surface area contributed by atoms with Crippen LogP contribution in [-0.4, -0.2) is 51.0 Å². The van der Waals surface area contributed by atoms with Gasteiger partial charge in [0.05, 0.1) is 34.1 Å². The molecule has 0 saturated carbocycles. The lowest BCUT2D eigenvalue weighted by atomic mass is 10.1. The summed E-state index contributed by atoms with van der Waals surface area (Å²) in [4.78, 5) is 24.1. The molecule has 2 amide bonds. The van der Waals surface area contributed by atoms with Gasteiger partial charge in [-0.25, -0.2) is 5.43 Å². The predicted molar refractivity (Wildman–Crippen MR) is 102 cm³/mol. The molecule has 3 N–H and O–H groups in total. The highest BCUT2D eigenvalue weighted by atomic mass is 16.5. The van der Waals surface area contributed by atoms with E-state index in [1.54, 1.807) is 12.1 Å². The Hall–Kier alpha value is -3.75. The van der Waals surface area contributed by atoms with E-state index >= 15 is 0 Å². The zero-order chi connectivity index (χ0) is 20.5. The van der Waals surface area contributed by atoms with E-state index in [0.29, 0.717) is 22.8 Å². The van der Waals surface area contributed by atoms with Gasteiger partial charge in [-0.05, 0) is 29.8 Å². The number of hydrogen-bond donors (Lipinski definition) is 3. The van der Waals surface area contributed by atoms with E-state index in [0.717, 1.165) is 0 Å². The minimum absolute atomic E-state index is 0.0906. The number of nitrogens with one attached hydrogen (secondary N) is 2. The third-order valence-electron chi connectivity index (χ3n) is 3.61. The van der Waals surface area contributed by atoms with Crippen LogP contribution < -0.4 is 25.0 Å². The van der Waals surface area contributed by atoms with Crippen molar-refractivity contribution in [2.45, 2.75) is 0 Å². The van der Waals surface area contributed by atoms with Crippen molar-refractivity contribution in [3.8, 4) is 23.0 Å². The van der Waals surface area contributed by atoms with Crippen molar-refractivity contribution < 1.29 is 28.9 Å². The van der Waals surface area contributed by atoms with Gasteiger partial charge in [0.2, 0.25) is 5.75 Å². The minimum Gasteiger partial charge on any atom is -0.508 e. The van der Waals surface area contributed by atoms with Crippen LogP contribution in [-0.2, 0) is 4.79 Å². The molecule has 2 aromatic rings. The zero-order valence-corrected chi connectivity index (χ0v) is 15.7. The van der Waals surface area contributed by atoms with E-state index in [1.807, 2.05) is 0 Å². The molecule has 2 aromatic carbocycles. The molecule has 0 aromatic heterocycles. The highest BCUT2D eigenvalue weighted by Gasteiger charge is 2.17. The highest BCUT2D eigenvalue weighted by molar-refractivity contribution is 5.97. The van der Waals surface area contributed by atoms with Crippen LogP contribution >= 0.6 is 0 Å². The molecule has 0 fully saturated rings. The van der Waals surface area contributed by atoms with E-state index in [2.05, 4.69) is 15.8 Å². The van der Waals surface area contributed by atoms with Gasteiger partial charge in [0.25, 0.3) is 11.8 Å². The number of ether oxygens (including phenoxy) is 3. The van der Waals surface area contributed by atoms with Crippen molar-refractivity contribution in [2.24, 2.45) is 5.10 Å². The molecule has 9 nitrogen and oxygen atoms in total. The fourth-order valence-electron chi connectivity index (χ4n) is 2.30. The predicted octanol–water partition coefficient (Wildman–Crippen LogP) is 1.30. The lowest BCUT2D eigenvalue weighted by Gasteiger charge is -2.14. The second kappa shape index (κ2) is 9.81. The van der Waals surface area contributed by atoms with E-state index in [1.165, 1.54) is 51.8 Å². The summed E-state index contributed by atoms with van der Waals surface area (Å²) >= 11 is 0. The number of carbonyl (C=O) groups is 2. The van der Waals surface area contributed by atoms with Gasteiger partial charge >= 0.3 is 0 Å². The Morgan fingerprint density at radius 2 is 1.75 bits per heavy atom. The molecule has 28 heavy (non-hydrogen) atoms. The van der Waals surface area contributed by atoms with Gasteiger partial charge in [0.1, 0.15) is 5.75 Å². The molecule has 9 heteroatoms. The van der Waals surface area contributed by atoms with Crippen LogP contribution in [0.15, 0.2) is 41.5 Å². The molecule has 0 unspecified atom stereocenters. The quantitative estimate of drug-likeness (QED) is 0.464. The first kappa shape index (κ1) is 20.6. The Morgan fingerprint density at radius 1 is 1.07 bits per heavy atom. The summed E-state index contributed by atoms with van der Waals surface area (Å²) in [5, 5.41) is 15.6. The molecule has 0 spiro atoms. The standard InChI is InChI=1S/C19H21N3O6/c1-26-15-8-13(9-16(27-2)18(15)28-3)19(25)20-11-17(24)22-21-10-12-5-4-6-14(23)7-12/h4-10,23H,11H2,1-3H3,(H,20,25)(H,22,24). The molecule has 0 bridgehead atoms. The lowest BCUT2D eigenvalue weighted by molar-refractivity contribution is -0.120. The maximum absolute atomic E-state index is 12.3. The molecule has 0 aliphatic carbocycles. The van der Waals surface area contributed by atoms with Crippen LogP contribution in [0.3, 0.4) is 0 Å². The summed E-state index contributed by atoms with van der Waals surface area (Å²) in [6.07, 6.45) is 1.37. The number of nitrogens with zero attached hydrogens (tertiary/aromatic N) is 1. The number of benzene rings is 2. The van der Waals surface area contributed by atoms with Crippen LogP contribution in [0.4, 0.5) is 0 Å². The Bertz CT molecular complexity index is 857. The average molecular weight is 387 g/mol. The number of hydrogen-bond acceptors (Lipinski definition) is 7. The Morgan fingerprint density at radius 3 is 2.32 bits per heavy atom. The Balaban J connectivity index is 1.95. The number of phenols is 1. The molecular weight excluding hydrogens is 366 g/mol. The zero-order valence-electron chi connectivity index (χ0n) is 15.7. The monoisotopic (exact) mass is 387 g/mol.